The monoisotopic (exact) mass is 188 g/mol. The van der Waals surface area contributed by atoms with Gasteiger partial charge >= 0.3 is 29.6 Å². The van der Waals surface area contributed by atoms with Crippen LogP contribution in [0.4, 0.5) is 0 Å². The fourth-order valence-corrected chi connectivity index (χ4v) is 2.07. The minimum atomic E-state index is -4.27. The molecule has 0 aromatic heterocycles. The third kappa shape index (κ3) is 2.38. The Morgan fingerprint density at radius 2 is 1.91 bits per heavy atom. The Kier molecular flexibility index (Phi) is 3.54. The first-order valence-corrected chi connectivity index (χ1v) is 4.33. The molecule has 1 unspecified atom stereocenters. The van der Waals surface area contributed by atoms with Gasteiger partial charge in [0.15, 0.2) is 0 Å². The van der Waals surface area contributed by atoms with E-state index in [2.05, 4.69) is 0 Å². The normalized spacial score (nSPS) is 28.5. The summed E-state index contributed by atoms with van der Waals surface area (Å²) in [6.07, 6.45) is 0.692. The molecule has 60 valence electrons. The summed E-state index contributed by atoms with van der Waals surface area (Å²) in [5.74, 6) is 0. The molecule has 1 fully saturated rings. The van der Waals surface area contributed by atoms with E-state index in [4.69, 9.17) is 11.5 Å². The zero-order valence-corrected chi connectivity index (χ0v) is 9.10. The Morgan fingerprint density at radius 3 is 1.91 bits per heavy atom. The predicted octanol–water partition coefficient (Wildman–Crippen LogP) is -4.69. The third-order valence-electron chi connectivity index (χ3n) is 1.79. The van der Waals surface area contributed by atoms with Crippen molar-refractivity contribution in [2.75, 3.05) is 0 Å². The van der Waals surface area contributed by atoms with Crippen LogP contribution < -0.4 is 41.0 Å². The van der Waals surface area contributed by atoms with Crippen molar-refractivity contribution >= 4 is 10.1 Å². The molecule has 0 spiro atoms. The van der Waals surface area contributed by atoms with E-state index in [-0.39, 0.29) is 29.6 Å². The molecule has 0 aromatic rings. The molecule has 11 heavy (non-hydrogen) atoms. The summed E-state index contributed by atoms with van der Waals surface area (Å²) in [7, 11) is -4.27. The maximum Gasteiger partial charge on any atom is 1.00 e. The molecule has 5 nitrogen and oxygen atoms in total. The Bertz CT molecular complexity index is 238. The van der Waals surface area contributed by atoms with Crippen LogP contribution in [0.2, 0.25) is 0 Å². The van der Waals surface area contributed by atoms with Crippen molar-refractivity contribution in [3.8, 4) is 0 Å². The van der Waals surface area contributed by atoms with Crippen molar-refractivity contribution in [3.63, 3.8) is 0 Å². The van der Waals surface area contributed by atoms with Crippen LogP contribution in [-0.4, -0.2) is 23.9 Å². The minimum Gasteiger partial charge on any atom is -0.748 e. The van der Waals surface area contributed by atoms with Crippen LogP contribution in [0.25, 0.3) is 0 Å². The fourth-order valence-electron chi connectivity index (χ4n) is 1.01. The van der Waals surface area contributed by atoms with Gasteiger partial charge in [-0.1, -0.05) is 0 Å². The Hall–Kier alpha value is 0.830. The summed E-state index contributed by atoms with van der Waals surface area (Å²) < 4.78 is 30.9. The molecule has 0 bridgehead atoms. The van der Waals surface area contributed by atoms with Crippen molar-refractivity contribution in [1.82, 2.24) is 0 Å². The van der Waals surface area contributed by atoms with E-state index in [1.54, 1.807) is 0 Å². The number of hydrogen-bond donors (Lipinski definition) is 2. The van der Waals surface area contributed by atoms with Gasteiger partial charge in [-0.3, -0.25) is 0 Å². The second kappa shape index (κ2) is 3.29. The van der Waals surface area contributed by atoms with Crippen molar-refractivity contribution in [2.24, 2.45) is 11.5 Å². The predicted molar refractivity (Wildman–Crippen MR) is 33.8 cm³/mol. The fraction of sp³-hybridized carbons (Fsp3) is 1.00. The van der Waals surface area contributed by atoms with Gasteiger partial charge in [-0.05, 0) is 12.8 Å². The van der Waals surface area contributed by atoms with Gasteiger partial charge in [-0.2, -0.15) is 0 Å². The van der Waals surface area contributed by atoms with Crippen molar-refractivity contribution in [1.29, 1.82) is 0 Å². The van der Waals surface area contributed by atoms with E-state index >= 15 is 0 Å². The molecule has 0 heterocycles. The van der Waals surface area contributed by atoms with Crippen LogP contribution in [0.5, 0.6) is 0 Å². The average Bonchev–Trinajstić information content (AvgIpc) is 1.58. The molecule has 1 aliphatic carbocycles. The zero-order chi connectivity index (χ0) is 7.99. The molecule has 1 atom stereocenters. The van der Waals surface area contributed by atoms with Crippen molar-refractivity contribution < 1.29 is 42.5 Å². The molecule has 0 aromatic carbocycles. The molecule has 0 saturated heterocycles. The van der Waals surface area contributed by atoms with E-state index in [9.17, 15) is 13.0 Å². The molecule has 0 amide bonds. The SMILES string of the molecule is NC1(N)CCC1S(=O)(=O)[O-].[Na+]. The summed E-state index contributed by atoms with van der Waals surface area (Å²) in [5, 5.41) is -1.08. The van der Waals surface area contributed by atoms with Crippen LogP contribution in [0.3, 0.4) is 0 Å². The second-order valence-corrected chi connectivity index (χ2v) is 4.19. The number of hydrogen-bond acceptors (Lipinski definition) is 5. The summed E-state index contributed by atoms with van der Waals surface area (Å²) in [6, 6.07) is 0. The van der Waals surface area contributed by atoms with Gasteiger partial charge in [0.2, 0.25) is 0 Å². The van der Waals surface area contributed by atoms with E-state index in [1.807, 2.05) is 0 Å². The smallest absolute Gasteiger partial charge is 0.748 e. The first-order valence-electron chi connectivity index (χ1n) is 2.86. The third-order valence-corrected chi connectivity index (χ3v) is 3.16. The van der Waals surface area contributed by atoms with Gasteiger partial charge in [0.25, 0.3) is 0 Å². The summed E-state index contributed by atoms with van der Waals surface area (Å²) in [4.78, 5) is 0. The maximum atomic E-state index is 10.3. The van der Waals surface area contributed by atoms with Gasteiger partial charge in [0.1, 0.15) is 10.1 Å². The summed E-state index contributed by atoms with van der Waals surface area (Å²) in [6.45, 7) is 0. The van der Waals surface area contributed by atoms with Crippen LogP contribution in [0.1, 0.15) is 12.8 Å². The van der Waals surface area contributed by atoms with Gasteiger partial charge in [-0.15, -0.1) is 0 Å². The van der Waals surface area contributed by atoms with Gasteiger partial charge in [-0.25, -0.2) is 8.42 Å². The first-order chi connectivity index (χ1) is 4.34. The van der Waals surface area contributed by atoms with E-state index < -0.39 is 21.0 Å². The van der Waals surface area contributed by atoms with Crippen LogP contribution in [0.15, 0.2) is 0 Å². The molecule has 4 N–H and O–H groups in total. The largest absolute Gasteiger partial charge is 1.00 e. The van der Waals surface area contributed by atoms with Crippen LogP contribution in [0, 0.1) is 0 Å². The standard InChI is InChI=1S/C4H10N2O3S.Na/c5-4(6)2-1-3(4)10(7,8)9;/h3H,1-2,5-6H2,(H,7,8,9);/q;+1/p-1. The Labute approximate surface area is 87.6 Å². The van der Waals surface area contributed by atoms with Gasteiger partial charge in [0, 0.05) is 0 Å². The number of nitrogens with two attached hydrogens (primary N) is 2. The van der Waals surface area contributed by atoms with E-state index in [1.165, 1.54) is 0 Å². The Balaban J connectivity index is 0.000001000. The maximum absolute atomic E-state index is 10.3. The van der Waals surface area contributed by atoms with Gasteiger partial charge in [0.05, 0.1) is 10.9 Å². The topological polar surface area (TPSA) is 109 Å². The minimum absolute atomic E-state index is 0. The average molecular weight is 188 g/mol. The molecule has 1 rings (SSSR count). The van der Waals surface area contributed by atoms with E-state index in [0.29, 0.717) is 12.8 Å². The molecule has 7 heteroatoms. The Morgan fingerprint density at radius 1 is 1.45 bits per heavy atom. The molecular weight excluding hydrogens is 179 g/mol. The van der Waals surface area contributed by atoms with Crippen molar-refractivity contribution in [3.05, 3.63) is 0 Å². The van der Waals surface area contributed by atoms with Gasteiger partial charge < -0.3 is 16.0 Å². The molecule has 1 saturated carbocycles. The van der Waals surface area contributed by atoms with Crippen molar-refractivity contribution in [2.45, 2.75) is 23.8 Å². The first kappa shape index (κ1) is 11.8. The quantitative estimate of drug-likeness (QED) is 0.244. The second-order valence-electron chi connectivity index (χ2n) is 2.63. The van der Waals surface area contributed by atoms with Crippen LogP contribution in [-0.2, 0) is 10.1 Å². The molecule has 0 aliphatic heterocycles. The molecule has 0 radical (unpaired) electrons. The molecular formula is C4H9N2NaO3S. The summed E-state index contributed by atoms with van der Waals surface area (Å²) in [5.41, 5.74) is 9.22. The number of rotatable bonds is 1. The van der Waals surface area contributed by atoms with Crippen LogP contribution >= 0.6 is 0 Å². The summed E-state index contributed by atoms with van der Waals surface area (Å²) >= 11 is 0. The van der Waals surface area contributed by atoms with E-state index in [0.717, 1.165) is 0 Å². The molecule has 1 aliphatic rings. The zero-order valence-electron chi connectivity index (χ0n) is 6.28.